The van der Waals surface area contributed by atoms with E-state index in [2.05, 4.69) is 0 Å². The molecular formula is C22H23NO4S. The third-order valence-corrected chi connectivity index (χ3v) is 5.70. The Balaban J connectivity index is 1.88. The molecule has 0 N–H and O–H groups in total. The van der Waals surface area contributed by atoms with Crippen LogP contribution >= 0.6 is 11.3 Å². The molecule has 146 valence electrons. The fourth-order valence-electron chi connectivity index (χ4n) is 3.43. The number of likely N-dealkylation sites (tertiary alicyclic amines) is 1. The highest BCUT2D eigenvalue weighted by Crippen LogP contribution is 2.37. The Morgan fingerprint density at radius 2 is 2.00 bits per heavy atom. The Kier molecular flexibility index (Phi) is 6.41. The lowest BCUT2D eigenvalue weighted by molar-refractivity contribution is -0.166. The first-order valence-electron chi connectivity index (χ1n) is 9.37. The minimum atomic E-state index is -1.35. The second-order valence-corrected chi connectivity index (χ2v) is 7.64. The maximum Gasteiger partial charge on any atom is 0.321 e. The van der Waals surface area contributed by atoms with Crippen LogP contribution in [0.2, 0.25) is 0 Å². The molecule has 1 fully saturated rings. The van der Waals surface area contributed by atoms with Crippen molar-refractivity contribution in [3.05, 3.63) is 64.4 Å². The molecule has 1 unspecified atom stereocenters. The molecule has 1 aliphatic rings. The molecular weight excluding hydrogens is 374 g/mol. The van der Waals surface area contributed by atoms with E-state index < -0.39 is 17.3 Å². The van der Waals surface area contributed by atoms with Crippen molar-refractivity contribution < 1.29 is 19.1 Å². The Labute approximate surface area is 168 Å². The lowest BCUT2D eigenvalue weighted by atomic mass is 9.75. The fourth-order valence-corrected chi connectivity index (χ4v) is 4.08. The first-order valence-corrected chi connectivity index (χ1v) is 10.2. The van der Waals surface area contributed by atoms with Gasteiger partial charge in [0.05, 0.1) is 6.61 Å². The summed E-state index contributed by atoms with van der Waals surface area (Å²) in [6.07, 6.45) is 4.88. The van der Waals surface area contributed by atoms with Crippen LogP contribution in [-0.4, -0.2) is 35.8 Å². The van der Waals surface area contributed by atoms with E-state index in [1.165, 1.54) is 4.90 Å². The third-order valence-electron chi connectivity index (χ3n) is 4.86. The maximum absolute atomic E-state index is 13.3. The lowest BCUT2D eigenvalue weighted by Gasteiger charge is -2.38. The van der Waals surface area contributed by atoms with E-state index in [0.717, 1.165) is 4.88 Å². The number of thiophene rings is 1. The summed E-state index contributed by atoms with van der Waals surface area (Å²) in [5.41, 5.74) is -0.920. The number of nitrogens with zero attached hydrogens (tertiary/aromatic N) is 1. The lowest BCUT2D eigenvalue weighted by Crippen LogP contribution is -2.55. The first kappa shape index (κ1) is 20.0. The van der Waals surface area contributed by atoms with Crippen LogP contribution in [0.4, 0.5) is 0 Å². The predicted molar refractivity (Wildman–Crippen MR) is 109 cm³/mol. The molecule has 0 radical (unpaired) electrons. The Hall–Kier alpha value is -2.73. The third kappa shape index (κ3) is 4.07. The van der Waals surface area contributed by atoms with Gasteiger partial charge in [-0.1, -0.05) is 30.3 Å². The van der Waals surface area contributed by atoms with Crippen molar-refractivity contribution in [3.8, 4) is 0 Å². The van der Waals surface area contributed by atoms with Crippen LogP contribution in [0.3, 0.4) is 0 Å². The summed E-state index contributed by atoms with van der Waals surface area (Å²) in [5.74, 6) is -1.40. The van der Waals surface area contributed by atoms with E-state index >= 15 is 0 Å². The zero-order valence-corrected chi connectivity index (χ0v) is 16.6. The minimum Gasteiger partial charge on any atom is -0.465 e. The largest absolute Gasteiger partial charge is 0.465 e. The Morgan fingerprint density at radius 1 is 1.21 bits per heavy atom. The highest BCUT2D eigenvalue weighted by atomic mass is 32.1. The molecule has 3 rings (SSSR count). The molecule has 1 aliphatic heterocycles. The number of hydrogen-bond donors (Lipinski definition) is 0. The molecule has 0 spiro atoms. The molecule has 2 amide bonds. The molecule has 0 bridgehead atoms. The molecule has 1 aromatic carbocycles. The highest BCUT2D eigenvalue weighted by Gasteiger charge is 2.52. The molecule has 1 saturated heterocycles. The molecule has 5 nitrogen and oxygen atoms in total. The van der Waals surface area contributed by atoms with Crippen molar-refractivity contribution in [2.75, 3.05) is 13.2 Å². The van der Waals surface area contributed by atoms with Gasteiger partial charge in [-0.3, -0.25) is 19.3 Å². The van der Waals surface area contributed by atoms with E-state index in [1.54, 1.807) is 42.5 Å². The van der Waals surface area contributed by atoms with Gasteiger partial charge in [0.15, 0.2) is 5.41 Å². The Bertz CT molecular complexity index is 860. The van der Waals surface area contributed by atoms with Crippen molar-refractivity contribution in [1.29, 1.82) is 0 Å². The summed E-state index contributed by atoms with van der Waals surface area (Å²) in [5, 5.41) is 1.97. The van der Waals surface area contributed by atoms with Crippen LogP contribution in [0.1, 0.15) is 41.4 Å². The summed E-state index contributed by atoms with van der Waals surface area (Å²) < 4.78 is 5.25. The number of allylic oxidation sites excluding steroid dienone is 1. The van der Waals surface area contributed by atoms with E-state index in [9.17, 15) is 14.4 Å². The summed E-state index contributed by atoms with van der Waals surface area (Å²) in [6.45, 7) is 2.21. The second kappa shape index (κ2) is 8.97. The summed E-state index contributed by atoms with van der Waals surface area (Å²) >= 11 is 1.58. The van der Waals surface area contributed by atoms with Crippen LogP contribution in [0.25, 0.3) is 6.08 Å². The highest BCUT2D eigenvalue weighted by molar-refractivity contribution is 7.10. The topological polar surface area (TPSA) is 63.7 Å². The summed E-state index contributed by atoms with van der Waals surface area (Å²) in [7, 11) is 0. The molecule has 1 atom stereocenters. The number of ether oxygens (including phenoxy) is 1. The summed E-state index contributed by atoms with van der Waals surface area (Å²) in [4.78, 5) is 41.3. The number of piperidine rings is 1. The number of carbonyl (C=O) groups excluding carboxylic acids is 3. The zero-order valence-electron chi connectivity index (χ0n) is 15.8. The van der Waals surface area contributed by atoms with Gasteiger partial charge in [0, 0.05) is 17.0 Å². The van der Waals surface area contributed by atoms with Gasteiger partial charge in [-0.25, -0.2) is 0 Å². The number of rotatable bonds is 6. The van der Waals surface area contributed by atoms with Crippen molar-refractivity contribution in [2.45, 2.75) is 26.2 Å². The van der Waals surface area contributed by atoms with E-state index in [-0.39, 0.29) is 18.9 Å². The monoisotopic (exact) mass is 397 g/mol. The van der Waals surface area contributed by atoms with Crippen molar-refractivity contribution >= 4 is 35.2 Å². The fraction of sp³-hybridized carbons (Fsp3) is 0.318. The second-order valence-electron chi connectivity index (χ2n) is 6.66. The molecule has 6 heteroatoms. The number of hydrogen-bond acceptors (Lipinski definition) is 5. The van der Waals surface area contributed by atoms with Gasteiger partial charge in [-0.05, 0) is 55.8 Å². The van der Waals surface area contributed by atoms with E-state index in [1.807, 2.05) is 35.7 Å². The van der Waals surface area contributed by atoms with Gasteiger partial charge >= 0.3 is 5.97 Å². The standard InChI is InChI=1S/C22H23NO4S/c1-2-27-21(26)22(13-6-11-18-12-7-16-28-18)14-8-15-23(20(22)25)19(24)17-9-4-3-5-10-17/h3-7,9-12,16H,2,8,13-15H2,1H3. The first-order chi connectivity index (χ1) is 13.6. The molecule has 1 aromatic heterocycles. The van der Waals surface area contributed by atoms with Crippen molar-refractivity contribution in [3.63, 3.8) is 0 Å². The van der Waals surface area contributed by atoms with E-state index in [4.69, 9.17) is 4.74 Å². The molecule has 0 aliphatic carbocycles. The quantitative estimate of drug-likeness (QED) is 0.417. The average molecular weight is 397 g/mol. The van der Waals surface area contributed by atoms with Crippen LogP contribution in [-0.2, 0) is 14.3 Å². The molecule has 0 saturated carbocycles. The van der Waals surface area contributed by atoms with Crippen LogP contribution < -0.4 is 0 Å². The van der Waals surface area contributed by atoms with Gasteiger partial charge in [0.1, 0.15) is 0 Å². The molecule has 28 heavy (non-hydrogen) atoms. The predicted octanol–water partition coefficient (Wildman–Crippen LogP) is 4.16. The van der Waals surface area contributed by atoms with Crippen molar-refractivity contribution in [2.24, 2.45) is 5.41 Å². The number of amides is 2. The molecule has 2 aromatic rings. The maximum atomic E-state index is 13.3. The number of benzene rings is 1. The number of imide groups is 1. The smallest absolute Gasteiger partial charge is 0.321 e. The van der Waals surface area contributed by atoms with Gasteiger partial charge in [-0.2, -0.15) is 0 Å². The van der Waals surface area contributed by atoms with Gasteiger partial charge < -0.3 is 4.74 Å². The number of esters is 1. The van der Waals surface area contributed by atoms with Crippen molar-refractivity contribution in [1.82, 2.24) is 4.90 Å². The van der Waals surface area contributed by atoms with Gasteiger partial charge in [-0.15, -0.1) is 11.3 Å². The minimum absolute atomic E-state index is 0.190. The van der Waals surface area contributed by atoms with Crippen LogP contribution in [0, 0.1) is 5.41 Å². The number of carbonyl (C=O) groups is 3. The molecule has 2 heterocycles. The average Bonchev–Trinajstić information content (AvgIpc) is 3.23. The SMILES string of the molecule is CCOC(=O)C1(CC=Cc2cccs2)CCCN(C(=O)c2ccccc2)C1=O. The van der Waals surface area contributed by atoms with Gasteiger partial charge in [0.2, 0.25) is 5.91 Å². The van der Waals surface area contributed by atoms with E-state index in [0.29, 0.717) is 24.9 Å². The summed E-state index contributed by atoms with van der Waals surface area (Å²) in [6, 6.07) is 12.6. The zero-order chi connectivity index (χ0) is 20.0. The Morgan fingerprint density at radius 3 is 2.68 bits per heavy atom. The van der Waals surface area contributed by atoms with Gasteiger partial charge in [0.25, 0.3) is 5.91 Å². The normalized spacial score (nSPS) is 19.8. The van der Waals surface area contributed by atoms with Crippen LogP contribution in [0.5, 0.6) is 0 Å². The van der Waals surface area contributed by atoms with Crippen LogP contribution in [0.15, 0.2) is 53.9 Å².